The third-order valence-corrected chi connectivity index (χ3v) is 22.2. The highest BCUT2D eigenvalue weighted by molar-refractivity contribution is 6.74. The Hall–Kier alpha value is -1.26. The van der Waals surface area contributed by atoms with Gasteiger partial charge >= 0.3 is 5.97 Å². The van der Waals surface area contributed by atoms with E-state index in [-0.39, 0.29) is 46.4 Å². The van der Waals surface area contributed by atoms with Crippen LogP contribution in [0, 0.1) is 11.3 Å². The van der Waals surface area contributed by atoms with E-state index in [9.17, 15) is 4.79 Å². The van der Waals surface area contributed by atoms with Crippen molar-refractivity contribution in [2.45, 2.75) is 201 Å². The molecule has 286 valence electrons. The summed E-state index contributed by atoms with van der Waals surface area (Å²) in [6, 6.07) is 0. The molecule has 7 heteroatoms. The standard InChI is InChI=1S/C43H76O5Si2/c1-17-25-42(11,26-18-2)46-39(44)30-45-32(4)36-23-24-37-33(20-19-27-43(36,37)12)21-22-34-28-35(47-49(13,14)40(5,6)7)29-38(31(34)3)48-50(15,16)41(8,9)10/h21-23,32,35,37-38H,3,17-20,24-30H2,1-2,4-16H3/t32-,35+,37-,38-,43+/m0/s1. The van der Waals surface area contributed by atoms with Crippen LogP contribution in [0.4, 0.5) is 0 Å². The molecule has 0 heterocycles. The first-order chi connectivity index (χ1) is 22.9. The zero-order valence-electron chi connectivity index (χ0n) is 35.1. The minimum atomic E-state index is -2.02. The number of rotatable bonds is 14. The predicted molar refractivity (Wildman–Crippen MR) is 217 cm³/mol. The lowest BCUT2D eigenvalue weighted by molar-refractivity contribution is -0.166. The van der Waals surface area contributed by atoms with Gasteiger partial charge in [-0.1, -0.05) is 106 Å². The predicted octanol–water partition coefficient (Wildman–Crippen LogP) is 12.4. The summed E-state index contributed by atoms with van der Waals surface area (Å²) in [6.07, 6.45) is 17.1. The highest BCUT2D eigenvalue weighted by atomic mass is 28.4. The fraction of sp³-hybridized carbons (Fsp3) is 0.791. The Morgan fingerprint density at radius 2 is 1.56 bits per heavy atom. The van der Waals surface area contributed by atoms with E-state index in [4.69, 9.17) is 18.3 Å². The molecule has 0 saturated heterocycles. The summed E-state index contributed by atoms with van der Waals surface area (Å²) >= 11 is 0. The molecule has 3 aliphatic rings. The number of fused-ring (bicyclic) bond motifs is 1. The minimum absolute atomic E-state index is 0.00456. The van der Waals surface area contributed by atoms with E-state index in [1.54, 1.807) is 0 Å². The Bertz CT molecular complexity index is 1290. The molecule has 2 fully saturated rings. The third-order valence-electron chi connectivity index (χ3n) is 13.2. The summed E-state index contributed by atoms with van der Waals surface area (Å²) in [7, 11) is -3.99. The van der Waals surface area contributed by atoms with E-state index >= 15 is 0 Å². The van der Waals surface area contributed by atoms with Gasteiger partial charge in [0.2, 0.25) is 0 Å². The van der Waals surface area contributed by atoms with Crippen molar-refractivity contribution in [3.63, 3.8) is 0 Å². The first-order valence-electron chi connectivity index (χ1n) is 19.9. The van der Waals surface area contributed by atoms with Gasteiger partial charge in [-0.15, -0.1) is 0 Å². The van der Waals surface area contributed by atoms with Crippen LogP contribution in [0.25, 0.3) is 0 Å². The fourth-order valence-electron chi connectivity index (χ4n) is 8.12. The van der Waals surface area contributed by atoms with E-state index in [1.807, 2.05) is 0 Å². The van der Waals surface area contributed by atoms with Crippen LogP contribution in [-0.4, -0.2) is 53.1 Å². The lowest BCUT2D eigenvalue weighted by Gasteiger charge is -2.45. The Balaban J connectivity index is 1.81. The molecule has 0 spiro atoms. The lowest BCUT2D eigenvalue weighted by Crippen LogP contribution is -2.49. The molecule has 3 rings (SSSR count). The van der Waals surface area contributed by atoms with Crippen molar-refractivity contribution in [2.75, 3.05) is 6.61 Å². The number of hydrogen-bond donors (Lipinski definition) is 0. The maximum atomic E-state index is 12.9. The molecule has 0 aromatic rings. The second kappa shape index (κ2) is 16.4. The van der Waals surface area contributed by atoms with Crippen molar-refractivity contribution >= 4 is 22.6 Å². The number of ether oxygens (including phenoxy) is 2. The van der Waals surface area contributed by atoms with Crippen molar-refractivity contribution in [3.8, 4) is 0 Å². The smallest absolute Gasteiger partial charge is 0.332 e. The molecule has 5 nitrogen and oxygen atoms in total. The summed E-state index contributed by atoms with van der Waals surface area (Å²) in [5.41, 5.74) is 4.88. The maximum Gasteiger partial charge on any atom is 0.332 e. The van der Waals surface area contributed by atoms with Crippen LogP contribution in [0.3, 0.4) is 0 Å². The second-order valence-electron chi connectivity index (χ2n) is 19.4. The van der Waals surface area contributed by atoms with Crippen molar-refractivity contribution in [2.24, 2.45) is 11.3 Å². The number of esters is 1. The van der Waals surface area contributed by atoms with Crippen LogP contribution >= 0.6 is 0 Å². The molecular formula is C43H76O5Si2. The quantitative estimate of drug-likeness (QED) is 0.101. The summed E-state index contributed by atoms with van der Waals surface area (Å²) < 4.78 is 26.4. The molecule has 0 unspecified atom stereocenters. The van der Waals surface area contributed by atoms with E-state index in [2.05, 4.69) is 127 Å². The monoisotopic (exact) mass is 729 g/mol. The Morgan fingerprint density at radius 3 is 2.12 bits per heavy atom. The molecule has 0 aromatic carbocycles. The van der Waals surface area contributed by atoms with Crippen LogP contribution in [-0.2, 0) is 23.1 Å². The molecule has 0 N–H and O–H groups in total. The molecule has 5 atom stereocenters. The number of hydrogen-bond acceptors (Lipinski definition) is 5. The highest BCUT2D eigenvalue weighted by Gasteiger charge is 2.47. The zero-order valence-corrected chi connectivity index (χ0v) is 37.1. The molecule has 0 radical (unpaired) electrons. The summed E-state index contributed by atoms with van der Waals surface area (Å²) in [6.45, 7) is 38.9. The first-order valence-corrected chi connectivity index (χ1v) is 25.7. The minimum Gasteiger partial charge on any atom is -0.458 e. The highest BCUT2D eigenvalue weighted by Crippen LogP contribution is 2.56. The molecule has 2 saturated carbocycles. The van der Waals surface area contributed by atoms with Crippen molar-refractivity contribution < 1.29 is 23.1 Å². The molecule has 50 heavy (non-hydrogen) atoms. The number of carbonyl (C=O) groups excluding carboxylic acids is 1. The number of allylic oxidation sites excluding steroid dienone is 4. The van der Waals surface area contributed by atoms with Crippen LogP contribution in [0.15, 0.2) is 47.1 Å². The zero-order chi connectivity index (χ0) is 37.9. The van der Waals surface area contributed by atoms with Crippen LogP contribution in [0.1, 0.15) is 140 Å². The van der Waals surface area contributed by atoms with Crippen molar-refractivity contribution in [3.05, 3.63) is 47.1 Å². The van der Waals surface area contributed by atoms with Gasteiger partial charge in [-0.05, 0) is 123 Å². The van der Waals surface area contributed by atoms with E-state index < -0.39 is 22.2 Å². The van der Waals surface area contributed by atoms with Gasteiger partial charge in [0, 0.05) is 6.42 Å². The summed E-state index contributed by atoms with van der Waals surface area (Å²) in [5, 5.41) is 0.270. The Labute approximate surface area is 310 Å². The van der Waals surface area contributed by atoms with Gasteiger partial charge in [0.25, 0.3) is 0 Å². The largest absolute Gasteiger partial charge is 0.458 e. The second-order valence-corrected chi connectivity index (χ2v) is 28.9. The third kappa shape index (κ3) is 10.2. The topological polar surface area (TPSA) is 54.0 Å². The van der Waals surface area contributed by atoms with Gasteiger partial charge in [-0.25, -0.2) is 4.79 Å². The average Bonchev–Trinajstić information content (AvgIpc) is 3.33. The normalized spacial score (nSPS) is 27.8. The van der Waals surface area contributed by atoms with Crippen LogP contribution in [0.5, 0.6) is 0 Å². The molecule has 0 amide bonds. The first kappa shape index (κ1) is 43.2. The Morgan fingerprint density at radius 1 is 0.980 bits per heavy atom. The van der Waals surface area contributed by atoms with E-state index in [0.717, 1.165) is 69.8 Å². The van der Waals surface area contributed by atoms with Crippen molar-refractivity contribution in [1.82, 2.24) is 0 Å². The summed E-state index contributed by atoms with van der Waals surface area (Å²) in [5.74, 6) is 0.186. The van der Waals surface area contributed by atoms with Crippen LogP contribution < -0.4 is 0 Å². The van der Waals surface area contributed by atoms with Crippen LogP contribution in [0.2, 0.25) is 36.3 Å². The fourth-order valence-corrected chi connectivity index (χ4v) is 10.8. The van der Waals surface area contributed by atoms with Gasteiger partial charge in [0.15, 0.2) is 16.6 Å². The van der Waals surface area contributed by atoms with Gasteiger partial charge in [-0.3, -0.25) is 0 Å². The van der Waals surface area contributed by atoms with Gasteiger partial charge < -0.3 is 18.3 Å². The van der Waals surface area contributed by atoms with Gasteiger partial charge in [-0.2, -0.15) is 0 Å². The summed E-state index contributed by atoms with van der Waals surface area (Å²) in [4.78, 5) is 12.9. The van der Waals surface area contributed by atoms with E-state index in [1.165, 1.54) is 16.7 Å². The van der Waals surface area contributed by atoms with Gasteiger partial charge in [0.05, 0.1) is 18.3 Å². The molecular weight excluding hydrogens is 653 g/mol. The number of carbonyl (C=O) groups is 1. The lowest BCUT2D eigenvalue weighted by atomic mass is 9.63. The molecule has 0 bridgehead atoms. The molecule has 0 aliphatic heterocycles. The van der Waals surface area contributed by atoms with Crippen molar-refractivity contribution in [1.29, 1.82) is 0 Å². The molecule has 0 aromatic heterocycles. The van der Waals surface area contributed by atoms with Gasteiger partial charge in [0.1, 0.15) is 12.2 Å². The Kier molecular flexibility index (Phi) is 14.2. The maximum absolute atomic E-state index is 12.9. The van der Waals surface area contributed by atoms with E-state index in [0.29, 0.717) is 5.92 Å². The average molecular weight is 729 g/mol. The SMILES string of the molecule is C=C1C(=CC=C2CCC[C@]3(C)C([C@H](C)OCC(=O)OC(C)(CCC)CCC)=CC[C@@H]23)C[C@@H](O[Si](C)(C)C(C)(C)C)C[C@@H]1O[Si](C)(C)C(C)(C)C. The molecule has 3 aliphatic carbocycles.